The molecule has 5 aromatic rings. The van der Waals surface area contributed by atoms with Crippen molar-refractivity contribution < 1.29 is 4.79 Å². The highest BCUT2D eigenvalue weighted by atomic mass is 16.2. The van der Waals surface area contributed by atoms with Crippen molar-refractivity contribution in [2.45, 2.75) is 12.3 Å². The van der Waals surface area contributed by atoms with Crippen molar-refractivity contribution in [1.82, 2.24) is 9.55 Å². The van der Waals surface area contributed by atoms with Crippen LogP contribution in [0, 0.1) is 6.92 Å². The lowest BCUT2D eigenvalue weighted by Crippen LogP contribution is -2.39. The molecule has 3 heterocycles. The third-order valence-corrected chi connectivity index (χ3v) is 6.60. The van der Waals surface area contributed by atoms with E-state index < -0.39 is 5.41 Å². The molecule has 0 radical (unpaired) electrons. The number of rotatable bonds is 2. The van der Waals surface area contributed by atoms with Gasteiger partial charge in [0.1, 0.15) is 0 Å². The van der Waals surface area contributed by atoms with Gasteiger partial charge in [0, 0.05) is 46.1 Å². The maximum atomic E-state index is 13.9. The Morgan fingerprint density at radius 2 is 1.63 bits per heavy atom. The topological polar surface area (TPSA) is 49.8 Å². The fourth-order valence-corrected chi connectivity index (χ4v) is 5.19. The predicted octanol–water partition coefficient (Wildman–Crippen LogP) is 5.25. The zero-order chi connectivity index (χ0) is 20.5. The average Bonchev–Trinajstić information content (AvgIpc) is 3.38. The standard InChI is InChI=1S/C26H21N3O/c1-16-18-10-4-6-12-20(18)27-24(16)26(19-11-5-7-13-21(19)28-25(26)30)23-15-17-9-3-8-14-22(17)29(23)2/h3-15,27H,1-2H3,(H,28,30). The molecule has 1 amide bonds. The van der Waals surface area contributed by atoms with Crippen LogP contribution in [0.5, 0.6) is 0 Å². The maximum Gasteiger partial charge on any atom is 0.247 e. The van der Waals surface area contributed by atoms with Gasteiger partial charge in [-0.25, -0.2) is 0 Å². The fourth-order valence-electron chi connectivity index (χ4n) is 5.19. The lowest BCUT2D eigenvalue weighted by atomic mass is 9.74. The zero-order valence-electron chi connectivity index (χ0n) is 16.9. The van der Waals surface area contributed by atoms with Crippen molar-refractivity contribution in [3.63, 3.8) is 0 Å². The summed E-state index contributed by atoms with van der Waals surface area (Å²) in [6.45, 7) is 2.10. The lowest BCUT2D eigenvalue weighted by Gasteiger charge is -2.29. The Morgan fingerprint density at radius 1 is 0.900 bits per heavy atom. The van der Waals surface area contributed by atoms with E-state index in [1.165, 1.54) is 0 Å². The number of benzene rings is 3. The number of aromatic amines is 1. The van der Waals surface area contributed by atoms with Crippen LogP contribution in [0.15, 0.2) is 78.9 Å². The van der Waals surface area contributed by atoms with Gasteiger partial charge in [0.2, 0.25) is 5.91 Å². The molecular formula is C26H21N3O. The average molecular weight is 391 g/mol. The highest BCUT2D eigenvalue weighted by molar-refractivity contribution is 6.12. The number of nitrogens with zero attached hydrogens (tertiary/aromatic N) is 1. The Balaban J connectivity index is 1.80. The van der Waals surface area contributed by atoms with E-state index in [2.05, 4.69) is 58.2 Å². The van der Waals surface area contributed by atoms with Crippen LogP contribution in [0.3, 0.4) is 0 Å². The number of H-pyrrole nitrogens is 1. The molecule has 3 aromatic carbocycles. The van der Waals surface area contributed by atoms with E-state index in [1.54, 1.807) is 0 Å². The number of hydrogen-bond acceptors (Lipinski definition) is 1. The zero-order valence-corrected chi connectivity index (χ0v) is 16.9. The smallest absolute Gasteiger partial charge is 0.247 e. The first-order chi connectivity index (χ1) is 14.6. The van der Waals surface area contributed by atoms with Gasteiger partial charge in [-0.1, -0.05) is 54.6 Å². The van der Waals surface area contributed by atoms with Crippen LogP contribution in [0.1, 0.15) is 22.5 Å². The van der Waals surface area contributed by atoms with Crippen molar-refractivity contribution in [3.05, 3.63) is 101 Å². The molecule has 1 aliphatic heterocycles. The number of fused-ring (bicyclic) bond motifs is 3. The molecular weight excluding hydrogens is 370 g/mol. The van der Waals surface area contributed by atoms with E-state index in [0.717, 1.165) is 50.0 Å². The van der Waals surface area contributed by atoms with Crippen LogP contribution < -0.4 is 5.32 Å². The first kappa shape index (κ1) is 17.1. The molecule has 4 nitrogen and oxygen atoms in total. The third-order valence-electron chi connectivity index (χ3n) is 6.60. The molecule has 1 atom stereocenters. The second kappa shape index (κ2) is 5.86. The second-order valence-electron chi connectivity index (χ2n) is 8.07. The molecule has 1 aliphatic rings. The number of anilines is 1. The Kier molecular flexibility index (Phi) is 3.34. The molecule has 0 spiro atoms. The molecule has 0 fully saturated rings. The first-order valence-electron chi connectivity index (χ1n) is 10.2. The third kappa shape index (κ3) is 1.98. The van der Waals surface area contributed by atoms with Gasteiger partial charge in [-0.2, -0.15) is 0 Å². The van der Waals surface area contributed by atoms with Crippen molar-refractivity contribution in [3.8, 4) is 0 Å². The van der Waals surface area contributed by atoms with Crippen molar-refractivity contribution >= 4 is 33.4 Å². The highest BCUT2D eigenvalue weighted by Gasteiger charge is 2.53. The Hall–Kier alpha value is -3.79. The summed E-state index contributed by atoms with van der Waals surface area (Å²) in [5, 5.41) is 5.42. The lowest BCUT2D eigenvalue weighted by molar-refractivity contribution is -0.118. The van der Waals surface area contributed by atoms with Gasteiger partial charge in [0.05, 0.1) is 0 Å². The molecule has 0 saturated heterocycles. The summed E-state index contributed by atoms with van der Waals surface area (Å²) in [6, 6.07) is 26.7. The van der Waals surface area contributed by atoms with E-state index in [0.29, 0.717) is 0 Å². The quantitative estimate of drug-likeness (QED) is 0.424. The molecule has 146 valence electrons. The van der Waals surface area contributed by atoms with Gasteiger partial charge in [0.25, 0.3) is 0 Å². The van der Waals surface area contributed by atoms with Crippen molar-refractivity contribution in [2.24, 2.45) is 7.05 Å². The van der Waals surface area contributed by atoms with Gasteiger partial charge in [-0.15, -0.1) is 0 Å². The Bertz CT molecular complexity index is 1390. The van der Waals surface area contributed by atoms with Crippen LogP contribution in [0.25, 0.3) is 21.8 Å². The molecule has 2 N–H and O–H groups in total. The summed E-state index contributed by atoms with van der Waals surface area (Å²) in [5.74, 6) is -0.0238. The maximum absolute atomic E-state index is 13.9. The van der Waals surface area contributed by atoms with Crippen LogP contribution in [0.4, 0.5) is 5.69 Å². The van der Waals surface area contributed by atoms with E-state index in [-0.39, 0.29) is 5.91 Å². The highest BCUT2D eigenvalue weighted by Crippen LogP contribution is 2.50. The molecule has 30 heavy (non-hydrogen) atoms. The molecule has 1 unspecified atom stereocenters. The molecule has 0 saturated carbocycles. The summed E-state index contributed by atoms with van der Waals surface area (Å²) in [4.78, 5) is 17.5. The minimum absolute atomic E-state index is 0.0238. The number of carbonyl (C=O) groups is 1. The van der Waals surface area contributed by atoms with Crippen LogP contribution in [0.2, 0.25) is 0 Å². The molecule has 0 aliphatic carbocycles. The second-order valence-corrected chi connectivity index (χ2v) is 8.07. The van der Waals surface area contributed by atoms with E-state index >= 15 is 0 Å². The summed E-state index contributed by atoms with van der Waals surface area (Å²) in [6.07, 6.45) is 0. The summed E-state index contributed by atoms with van der Waals surface area (Å²) in [5.41, 5.74) is 6.04. The Labute approximate surface area is 174 Å². The van der Waals surface area contributed by atoms with Gasteiger partial charge in [0.15, 0.2) is 5.41 Å². The predicted molar refractivity (Wildman–Crippen MR) is 121 cm³/mol. The number of aromatic nitrogens is 2. The minimum Gasteiger partial charge on any atom is -0.357 e. The summed E-state index contributed by atoms with van der Waals surface area (Å²) < 4.78 is 2.15. The normalized spacial score (nSPS) is 18.1. The SMILES string of the molecule is Cc1c(C2(c3cc4ccccc4n3C)C(=O)Nc3ccccc32)[nH]c2ccccc12. The number of aryl methyl sites for hydroxylation is 2. The summed E-state index contributed by atoms with van der Waals surface area (Å²) >= 11 is 0. The Morgan fingerprint density at radius 3 is 2.47 bits per heavy atom. The molecule has 6 rings (SSSR count). The van der Waals surface area contributed by atoms with E-state index in [1.807, 2.05) is 49.5 Å². The van der Waals surface area contributed by atoms with E-state index in [4.69, 9.17) is 0 Å². The minimum atomic E-state index is -0.951. The molecule has 2 aromatic heterocycles. The van der Waals surface area contributed by atoms with Gasteiger partial charge in [-0.3, -0.25) is 4.79 Å². The molecule has 0 bridgehead atoms. The first-order valence-corrected chi connectivity index (χ1v) is 10.2. The number of amides is 1. The van der Waals surface area contributed by atoms with Crippen LogP contribution in [-0.4, -0.2) is 15.5 Å². The van der Waals surface area contributed by atoms with Crippen molar-refractivity contribution in [1.29, 1.82) is 0 Å². The number of carbonyl (C=O) groups excluding carboxylic acids is 1. The number of para-hydroxylation sites is 3. The monoisotopic (exact) mass is 391 g/mol. The number of nitrogens with one attached hydrogen (secondary N) is 2. The fraction of sp³-hybridized carbons (Fsp3) is 0.115. The molecule has 4 heteroatoms. The van der Waals surface area contributed by atoms with Gasteiger partial charge < -0.3 is 14.9 Å². The van der Waals surface area contributed by atoms with Gasteiger partial charge in [-0.05, 0) is 42.1 Å². The van der Waals surface area contributed by atoms with Crippen LogP contribution >= 0.6 is 0 Å². The summed E-state index contributed by atoms with van der Waals surface area (Å²) in [7, 11) is 2.05. The van der Waals surface area contributed by atoms with Gasteiger partial charge >= 0.3 is 0 Å². The van der Waals surface area contributed by atoms with Crippen molar-refractivity contribution in [2.75, 3.05) is 5.32 Å². The number of hydrogen-bond donors (Lipinski definition) is 2. The van der Waals surface area contributed by atoms with E-state index in [9.17, 15) is 4.79 Å². The van der Waals surface area contributed by atoms with Crippen LogP contribution in [-0.2, 0) is 17.3 Å². The largest absolute Gasteiger partial charge is 0.357 e.